The van der Waals surface area contributed by atoms with E-state index in [1.165, 1.54) is 0 Å². The molecule has 0 aromatic heterocycles. The summed E-state index contributed by atoms with van der Waals surface area (Å²) in [6.45, 7) is 6.21. The van der Waals surface area contributed by atoms with E-state index in [2.05, 4.69) is 23.8 Å². The second kappa shape index (κ2) is 11.9. The fourth-order valence-electron chi connectivity index (χ4n) is 1.47. The van der Waals surface area contributed by atoms with E-state index in [-0.39, 0.29) is 26.3 Å². The lowest BCUT2D eigenvalue weighted by Gasteiger charge is -2.22. The predicted octanol–water partition coefficient (Wildman–Crippen LogP) is -0.238. The minimum atomic E-state index is -4.11. The Hall–Kier alpha value is -2.50. The molecule has 25 heavy (non-hydrogen) atoms. The van der Waals surface area contributed by atoms with Gasteiger partial charge in [-0.25, -0.2) is 0 Å². The molecule has 140 valence electrons. The van der Waals surface area contributed by atoms with E-state index in [4.69, 9.17) is 18.3 Å². The van der Waals surface area contributed by atoms with Gasteiger partial charge < -0.3 is 29.0 Å². The zero-order valence-corrected chi connectivity index (χ0v) is 15.2. The number of hydrogen-bond donors (Lipinski definition) is 2. The molecule has 11 heteroatoms. The quantitative estimate of drug-likeness (QED) is 0.272. The number of amides is 2. The first kappa shape index (κ1) is 22.5. The van der Waals surface area contributed by atoms with Crippen LogP contribution in [-0.2, 0) is 27.9 Å². The Morgan fingerprint density at radius 1 is 0.840 bits per heavy atom. The van der Waals surface area contributed by atoms with Gasteiger partial charge in [0, 0.05) is 14.2 Å². The van der Waals surface area contributed by atoms with E-state index in [1.807, 2.05) is 0 Å². The van der Waals surface area contributed by atoms with Crippen LogP contribution in [0.3, 0.4) is 0 Å². The Morgan fingerprint density at radius 3 is 1.48 bits per heavy atom. The van der Waals surface area contributed by atoms with E-state index in [1.54, 1.807) is 0 Å². The summed E-state index contributed by atoms with van der Waals surface area (Å²) in [5, 5.41) is 4.80. The highest BCUT2D eigenvalue weighted by atomic mass is 28.4. The summed E-state index contributed by atoms with van der Waals surface area (Å²) >= 11 is 0. The van der Waals surface area contributed by atoms with Crippen molar-refractivity contribution in [3.05, 3.63) is 25.3 Å². The van der Waals surface area contributed by atoms with Gasteiger partial charge in [-0.1, -0.05) is 13.2 Å². The van der Waals surface area contributed by atoms with Crippen molar-refractivity contribution in [2.24, 2.45) is 0 Å². The zero-order chi connectivity index (χ0) is 19.3. The standard InChI is InChI=1S/C14H22N2O8Si/c1-5-11(17)15-7-9-23-13(19)25(21-3,22-4)14(20)24-10-8-16-12(18)6-2/h5-6H,1-2,7-10H2,3-4H3,(H,15,17)(H,16,18). The van der Waals surface area contributed by atoms with E-state index in [9.17, 15) is 19.2 Å². The minimum absolute atomic E-state index is 0.0249. The molecule has 0 fully saturated rings. The highest BCUT2D eigenvalue weighted by Gasteiger charge is 2.58. The first-order valence-electron chi connectivity index (χ1n) is 7.13. The first-order chi connectivity index (χ1) is 11.9. The maximum atomic E-state index is 12.1. The van der Waals surface area contributed by atoms with Gasteiger partial charge in [-0.15, -0.1) is 0 Å². The van der Waals surface area contributed by atoms with Crippen LogP contribution in [-0.4, -0.2) is 72.1 Å². The molecule has 0 aliphatic rings. The number of carbonyl (C=O) groups excluding carboxylic acids is 4. The average molecular weight is 374 g/mol. The zero-order valence-electron chi connectivity index (χ0n) is 14.2. The van der Waals surface area contributed by atoms with Gasteiger partial charge in [-0.2, -0.15) is 0 Å². The van der Waals surface area contributed by atoms with Gasteiger partial charge in [0.05, 0.1) is 13.1 Å². The monoisotopic (exact) mass is 374 g/mol. The minimum Gasteiger partial charge on any atom is -0.463 e. The molecule has 0 aromatic carbocycles. The van der Waals surface area contributed by atoms with Crippen LogP contribution < -0.4 is 10.6 Å². The second-order valence-electron chi connectivity index (χ2n) is 4.29. The molecule has 10 nitrogen and oxygen atoms in total. The number of hydrogen-bond acceptors (Lipinski definition) is 8. The first-order valence-corrected chi connectivity index (χ1v) is 8.94. The van der Waals surface area contributed by atoms with Gasteiger partial charge in [0.15, 0.2) is 0 Å². The molecule has 2 N–H and O–H groups in total. The van der Waals surface area contributed by atoms with Gasteiger partial charge in [0.2, 0.25) is 11.8 Å². The molecule has 0 saturated heterocycles. The molecule has 0 radical (unpaired) electrons. The molecule has 0 bridgehead atoms. The molecule has 0 spiro atoms. The maximum absolute atomic E-state index is 12.1. The predicted molar refractivity (Wildman–Crippen MR) is 88.9 cm³/mol. The van der Waals surface area contributed by atoms with Crippen molar-refractivity contribution in [2.75, 3.05) is 40.5 Å². The van der Waals surface area contributed by atoms with Gasteiger partial charge in [0.25, 0.3) is 0 Å². The largest absolute Gasteiger partial charge is 0.580 e. The van der Waals surface area contributed by atoms with E-state index < -0.39 is 31.6 Å². The van der Waals surface area contributed by atoms with Crippen LogP contribution >= 0.6 is 0 Å². The molecule has 0 aromatic rings. The summed E-state index contributed by atoms with van der Waals surface area (Å²) in [4.78, 5) is 46.2. The lowest BCUT2D eigenvalue weighted by atomic mass is 10.5. The van der Waals surface area contributed by atoms with Gasteiger partial charge >= 0.3 is 19.7 Å². The summed E-state index contributed by atoms with van der Waals surface area (Å²) in [7, 11) is -1.86. The molecule has 0 aliphatic heterocycles. The topological polar surface area (TPSA) is 129 Å². The van der Waals surface area contributed by atoms with Crippen molar-refractivity contribution in [1.29, 1.82) is 0 Å². The van der Waals surface area contributed by atoms with Crippen LogP contribution in [0.1, 0.15) is 0 Å². The van der Waals surface area contributed by atoms with Crippen LogP contribution in [0.15, 0.2) is 25.3 Å². The van der Waals surface area contributed by atoms with Crippen LogP contribution in [0, 0.1) is 0 Å². The lowest BCUT2D eigenvalue weighted by molar-refractivity contribution is -0.117. The Morgan fingerprint density at radius 2 is 1.20 bits per heavy atom. The fraction of sp³-hybridized carbons (Fsp3) is 0.429. The molecule has 0 rings (SSSR count). The smallest absolute Gasteiger partial charge is 0.463 e. The summed E-state index contributed by atoms with van der Waals surface area (Å²) in [6, 6.07) is 0. The molecule has 0 unspecified atom stereocenters. The Balaban J connectivity index is 4.57. The number of rotatable bonds is 12. The lowest BCUT2D eigenvalue weighted by Crippen LogP contribution is -2.57. The third kappa shape index (κ3) is 7.28. The van der Waals surface area contributed by atoms with Crippen molar-refractivity contribution in [1.82, 2.24) is 10.6 Å². The van der Waals surface area contributed by atoms with Crippen LogP contribution in [0.5, 0.6) is 0 Å². The Bertz CT molecular complexity index is 477. The highest BCUT2D eigenvalue weighted by molar-refractivity contribution is 7.15. The van der Waals surface area contributed by atoms with Gasteiger partial charge in [0.1, 0.15) is 13.2 Å². The van der Waals surface area contributed by atoms with Crippen molar-refractivity contribution >= 4 is 31.6 Å². The molecule has 2 amide bonds. The molecule has 0 heterocycles. The van der Waals surface area contributed by atoms with Crippen molar-refractivity contribution in [2.45, 2.75) is 0 Å². The molecular weight excluding hydrogens is 352 g/mol. The Labute approximate surface area is 146 Å². The van der Waals surface area contributed by atoms with Gasteiger partial charge in [-0.05, 0) is 12.2 Å². The number of ether oxygens (including phenoxy) is 2. The van der Waals surface area contributed by atoms with Crippen LogP contribution in [0.2, 0.25) is 0 Å². The van der Waals surface area contributed by atoms with Crippen LogP contribution in [0.25, 0.3) is 0 Å². The second-order valence-corrected chi connectivity index (χ2v) is 7.15. The highest BCUT2D eigenvalue weighted by Crippen LogP contribution is 2.13. The van der Waals surface area contributed by atoms with E-state index >= 15 is 0 Å². The SMILES string of the molecule is C=CC(=O)NCCOC(=O)[Si](OC)(OC)C(=O)OCCNC(=O)C=C. The van der Waals surface area contributed by atoms with E-state index in [0.29, 0.717) is 0 Å². The average Bonchev–Trinajstić information content (AvgIpc) is 2.63. The summed E-state index contributed by atoms with van der Waals surface area (Å²) in [5.41, 5.74) is -2.02. The van der Waals surface area contributed by atoms with Gasteiger partial charge in [-0.3, -0.25) is 19.2 Å². The van der Waals surface area contributed by atoms with Crippen molar-refractivity contribution in [3.8, 4) is 0 Å². The molecular formula is C14H22N2O8Si. The molecule has 0 aliphatic carbocycles. The van der Waals surface area contributed by atoms with Crippen molar-refractivity contribution < 1.29 is 37.5 Å². The van der Waals surface area contributed by atoms with E-state index in [0.717, 1.165) is 26.4 Å². The van der Waals surface area contributed by atoms with Crippen molar-refractivity contribution in [3.63, 3.8) is 0 Å². The number of nitrogens with one attached hydrogen (secondary N) is 2. The summed E-state index contributed by atoms with van der Waals surface area (Å²) in [6.07, 6.45) is 2.13. The maximum Gasteiger partial charge on any atom is 0.580 e. The van der Waals surface area contributed by atoms with Crippen LogP contribution in [0.4, 0.5) is 9.59 Å². The summed E-state index contributed by atoms with van der Waals surface area (Å²) < 4.78 is 19.8. The molecule has 0 saturated carbocycles. The number of carbonyl (C=O) groups is 4. The third-order valence-corrected chi connectivity index (χ3v) is 5.27. The Kier molecular flexibility index (Phi) is 10.7. The summed E-state index contributed by atoms with van der Waals surface area (Å²) in [5.74, 6) is -0.863. The third-order valence-electron chi connectivity index (χ3n) is 2.75. The molecule has 0 atom stereocenters. The normalized spacial score (nSPS) is 10.3. The fourth-order valence-corrected chi connectivity index (χ4v) is 3.05.